The molecule has 2 atom stereocenters. The normalized spacial score (nSPS) is 23.7. The van der Waals surface area contributed by atoms with Gasteiger partial charge in [-0.3, -0.25) is 9.59 Å². The fraction of sp³-hybridized carbons (Fsp3) is 0.619. The maximum absolute atomic E-state index is 12.8. The van der Waals surface area contributed by atoms with Crippen LogP contribution >= 0.6 is 0 Å². The Morgan fingerprint density at radius 3 is 2.65 bits per heavy atom. The molecule has 0 bridgehead atoms. The molecule has 0 unspecified atom stereocenters. The second-order valence-corrected chi connectivity index (χ2v) is 7.70. The molecule has 0 radical (unpaired) electrons. The van der Waals surface area contributed by atoms with Crippen molar-refractivity contribution in [2.45, 2.75) is 51.7 Å². The summed E-state index contributed by atoms with van der Waals surface area (Å²) in [5.74, 6) is 0.762. The topological polar surface area (TPSA) is 49.9 Å². The molecule has 26 heavy (non-hydrogen) atoms. The van der Waals surface area contributed by atoms with Crippen LogP contribution in [0, 0.1) is 5.92 Å². The van der Waals surface area contributed by atoms with Crippen LogP contribution in [0.2, 0.25) is 0 Å². The first kappa shape index (κ1) is 18.9. The van der Waals surface area contributed by atoms with Gasteiger partial charge in [-0.2, -0.15) is 0 Å². The molecule has 0 saturated carbocycles. The molecule has 5 nitrogen and oxygen atoms in total. The first-order valence-corrected chi connectivity index (χ1v) is 9.80. The van der Waals surface area contributed by atoms with Crippen LogP contribution in [0.1, 0.15) is 51.2 Å². The van der Waals surface area contributed by atoms with Gasteiger partial charge in [-0.25, -0.2) is 0 Å². The molecule has 1 aromatic carbocycles. The van der Waals surface area contributed by atoms with Gasteiger partial charge in [-0.15, -0.1) is 0 Å². The van der Waals surface area contributed by atoms with E-state index in [4.69, 9.17) is 4.74 Å². The maximum Gasteiger partial charge on any atom is 0.222 e. The first-order chi connectivity index (χ1) is 12.5. The molecule has 2 aliphatic rings. The minimum absolute atomic E-state index is 0.0538. The molecular weight excluding hydrogens is 328 g/mol. The van der Waals surface area contributed by atoms with Crippen LogP contribution in [-0.4, -0.2) is 53.9 Å². The highest BCUT2D eigenvalue weighted by Gasteiger charge is 2.32. The Morgan fingerprint density at radius 2 is 2.00 bits per heavy atom. The number of benzene rings is 1. The minimum atomic E-state index is -0.0681. The summed E-state index contributed by atoms with van der Waals surface area (Å²) in [6.07, 6.45) is 2.83. The zero-order chi connectivity index (χ0) is 18.5. The van der Waals surface area contributed by atoms with E-state index < -0.39 is 0 Å². The smallest absolute Gasteiger partial charge is 0.222 e. The number of hydrogen-bond acceptors (Lipinski definition) is 3. The maximum atomic E-state index is 12.8. The Kier molecular flexibility index (Phi) is 6.30. The van der Waals surface area contributed by atoms with Crippen LogP contribution in [0.15, 0.2) is 30.3 Å². The number of morpholine rings is 1. The van der Waals surface area contributed by atoms with Gasteiger partial charge in [0, 0.05) is 32.5 Å². The van der Waals surface area contributed by atoms with E-state index in [1.165, 1.54) is 0 Å². The zero-order valence-corrected chi connectivity index (χ0v) is 15.9. The lowest BCUT2D eigenvalue weighted by Crippen LogP contribution is -2.48. The van der Waals surface area contributed by atoms with E-state index in [1.807, 2.05) is 28.0 Å². The van der Waals surface area contributed by atoms with E-state index in [0.29, 0.717) is 38.4 Å². The highest BCUT2D eigenvalue weighted by molar-refractivity contribution is 5.78. The van der Waals surface area contributed by atoms with Crippen molar-refractivity contribution < 1.29 is 14.3 Å². The summed E-state index contributed by atoms with van der Waals surface area (Å²) in [7, 11) is 0. The third kappa shape index (κ3) is 4.64. The number of ether oxygens (including phenoxy) is 1. The molecule has 0 N–H and O–H groups in total. The first-order valence-electron chi connectivity index (χ1n) is 9.80. The molecule has 5 heteroatoms. The summed E-state index contributed by atoms with van der Waals surface area (Å²) in [5, 5.41) is 0. The molecule has 2 aliphatic heterocycles. The van der Waals surface area contributed by atoms with Crippen LogP contribution in [0.3, 0.4) is 0 Å². The van der Waals surface area contributed by atoms with E-state index in [2.05, 4.69) is 26.0 Å². The fourth-order valence-electron chi connectivity index (χ4n) is 3.73. The molecule has 2 heterocycles. The number of amides is 2. The quantitative estimate of drug-likeness (QED) is 0.785. The van der Waals surface area contributed by atoms with E-state index in [1.54, 1.807) is 0 Å². The van der Waals surface area contributed by atoms with Gasteiger partial charge in [0.1, 0.15) is 6.10 Å². The number of nitrogens with zero attached hydrogens (tertiary/aromatic N) is 2. The summed E-state index contributed by atoms with van der Waals surface area (Å²) in [6, 6.07) is 10.1. The highest BCUT2D eigenvalue weighted by Crippen LogP contribution is 2.28. The third-order valence-electron chi connectivity index (χ3n) is 5.38. The number of carbonyl (C=O) groups excluding carboxylic acids is 2. The number of carbonyl (C=O) groups is 2. The van der Waals surface area contributed by atoms with Gasteiger partial charge in [0.25, 0.3) is 0 Å². The highest BCUT2D eigenvalue weighted by atomic mass is 16.5. The lowest BCUT2D eigenvalue weighted by molar-refractivity contribution is -0.150. The van der Waals surface area contributed by atoms with Gasteiger partial charge in [0.05, 0.1) is 12.6 Å². The van der Waals surface area contributed by atoms with Crippen LogP contribution in [0.25, 0.3) is 0 Å². The van der Waals surface area contributed by atoms with Gasteiger partial charge in [-0.1, -0.05) is 44.2 Å². The largest absolute Gasteiger partial charge is 0.366 e. The molecule has 2 amide bonds. The molecule has 2 fully saturated rings. The number of rotatable bonds is 6. The molecule has 142 valence electrons. The van der Waals surface area contributed by atoms with Crippen molar-refractivity contribution in [1.29, 1.82) is 0 Å². The second kappa shape index (κ2) is 8.67. The number of likely N-dealkylation sites (tertiary alicyclic amines) is 1. The number of hydrogen-bond donors (Lipinski definition) is 0. The Bertz CT molecular complexity index is 617. The van der Waals surface area contributed by atoms with E-state index in [9.17, 15) is 9.59 Å². The van der Waals surface area contributed by atoms with Gasteiger partial charge in [-0.05, 0) is 24.3 Å². The molecule has 1 aromatic rings. The second-order valence-electron chi connectivity index (χ2n) is 7.70. The molecular formula is C21H30N2O3. The zero-order valence-electron chi connectivity index (χ0n) is 15.9. The summed E-state index contributed by atoms with van der Waals surface area (Å²) in [5.41, 5.74) is 1.12. The average Bonchev–Trinajstić information content (AvgIpc) is 3.07. The van der Waals surface area contributed by atoms with Crippen molar-refractivity contribution in [3.63, 3.8) is 0 Å². The van der Waals surface area contributed by atoms with Crippen molar-refractivity contribution in [2.75, 3.05) is 26.2 Å². The SMILES string of the molecule is CC(C)[C@H]1CN(C(=O)CCCN2CCCC2=O)C[C@@H](c2ccccc2)O1. The minimum Gasteiger partial charge on any atom is -0.366 e. The monoisotopic (exact) mass is 358 g/mol. The summed E-state index contributed by atoms with van der Waals surface area (Å²) in [6.45, 7) is 7.08. The molecule has 0 aromatic heterocycles. The standard InChI is InChI=1S/C21H30N2O3/c1-16(2)18-14-23(15-19(26-18)17-8-4-3-5-9-17)21(25)11-7-13-22-12-6-10-20(22)24/h3-5,8-9,16,18-19H,6-7,10-15H2,1-2H3/t18-,19+/m1/s1. The van der Waals surface area contributed by atoms with Crippen LogP contribution in [0.5, 0.6) is 0 Å². The Morgan fingerprint density at radius 1 is 1.23 bits per heavy atom. The van der Waals surface area contributed by atoms with Gasteiger partial charge in [0.15, 0.2) is 0 Å². The van der Waals surface area contributed by atoms with Crippen LogP contribution in [-0.2, 0) is 14.3 Å². The van der Waals surface area contributed by atoms with Crippen molar-refractivity contribution in [3.8, 4) is 0 Å². The van der Waals surface area contributed by atoms with Gasteiger partial charge in [0.2, 0.25) is 11.8 Å². The summed E-state index contributed by atoms with van der Waals surface area (Å²) in [4.78, 5) is 28.3. The Labute approximate surface area is 156 Å². The van der Waals surface area contributed by atoms with Crippen LogP contribution < -0.4 is 0 Å². The van der Waals surface area contributed by atoms with E-state index in [-0.39, 0.29) is 24.0 Å². The fourth-order valence-corrected chi connectivity index (χ4v) is 3.73. The van der Waals surface area contributed by atoms with Crippen molar-refractivity contribution in [3.05, 3.63) is 35.9 Å². The predicted molar refractivity (Wildman–Crippen MR) is 101 cm³/mol. The Hall–Kier alpha value is -1.88. The predicted octanol–water partition coefficient (Wildman–Crippen LogP) is 3.01. The molecule has 2 saturated heterocycles. The van der Waals surface area contributed by atoms with Crippen molar-refractivity contribution in [1.82, 2.24) is 9.80 Å². The molecule has 0 aliphatic carbocycles. The van der Waals surface area contributed by atoms with E-state index in [0.717, 1.165) is 24.9 Å². The summed E-state index contributed by atoms with van der Waals surface area (Å²) >= 11 is 0. The molecule has 3 rings (SSSR count). The third-order valence-corrected chi connectivity index (χ3v) is 5.38. The average molecular weight is 358 g/mol. The molecule has 0 spiro atoms. The van der Waals surface area contributed by atoms with E-state index >= 15 is 0 Å². The Balaban J connectivity index is 1.57. The summed E-state index contributed by atoms with van der Waals surface area (Å²) < 4.78 is 6.27. The lowest BCUT2D eigenvalue weighted by Gasteiger charge is -2.40. The lowest BCUT2D eigenvalue weighted by atomic mass is 10.0. The van der Waals surface area contributed by atoms with Crippen molar-refractivity contribution in [2.24, 2.45) is 5.92 Å². The van der Waals surface area contributed by atoms with Gasteiger partial charge >= 0.3 is 0 Å². The van der Waals surface area contributed by atoms with Crippen LogP contribution in [0.4, 0.5) is 0 Å². The van der Waals surface area contributed by atoms with Crippen molar-refractivity contribution >= 4 is 11.8 Å². The van der Waals surface area contributed by atoms with Gasteiger partial charge < -0.3 is 14.5 Å².